The predicted molar refractivity (Wildman–Crippen MR) is 43.2 cm³/mol. The van der Waals surface area contributed by atoms with E-state index in [0.29, 0.717) is 17.8 Å². The molecule has 0 fully saturated rings. The standard InChI is InChI=1S/C8H7N3O/c9-4-5-2-1-3-6-7(5)8(12)11-10-6/h1-3H,4,9H2. The fourth-order valence-corrected chi connectivity index (χ4v) is 1.24. The molecule has 4 nitrogen and oxygen atoms in total. The molecule has 0 aromatic heterocycles. The van der Waals surface area contributed by atoms with Crippen LogP contribution < -0.4 is 5.73 Å². The first-order valence-electron chi connectivity index (χ1n) is 3.61. The number of benzene rings is 1. The van der Waals surface area contributed by atoms with Crippen molar-refractivity contribution < 1.29 is 4.79 Å². The molecule has 60 valence electrons. The minimum atomic E-state index is -0.286. The Hall–Kier alpha value is -1.55. The van der Waals surface area contributed by atoms with Crippen LogP contribution in [-0.2, 0) is 6.54 Å². The number of hydrogen-bond acceptors (Lipinski definition) is 3. The lowest BCUT2D eigenvalue weighted by Crippen LogP contribution is -2.03. The van der Waals surface area contributed by atoms with Crippen LogP contribution in [0.3, 0.4) is 0 Å². The fourth-order valence-electron chi connectivity index (χ4n) is 1.24. The highest BCUT2D eigenvalue weighted by Gasteiger charge is 2.19. The van der Waals surface area contributed by atoms with Crippen molar-refractivity contribution in [2.75, 3.05) is 0 Å². The van der Waals surface area contributed by atoms with Gasteiger partial charge in [-0.05, 0) is 11.6 Å². The maximum absolute atomic E-state index is 11.1. The molecule has 1 aromatic rings. The minimum Gasteiger partial charge on any atom is -0.326 e. The van der Waals surface area contributed by atoms with Gasteiger partial charge in [-0.3, -0.25) is 4.79 Å². The van der Waals surface area contributed by atoms with Crippen molar-refractivity contribution in [3.8, 4) is 0 Å². The normalized spacial score (nSPS) is 13.6. The summed E-state index contributed by atoms with van der Waals surface area (Å²) in [6.45, 7) is 0.347. The molecule has 0 saturated carbocycles. The summed E-state index contributed by atoms with van der Waals surface area (Å²) in [5.41, 5.74) is 7.44. The molecule has 1 heterocycles. The Morgan fingerprint density at radius 3 is 2.92 bits per heavy atom. The van der Waals surface area contributed by atoms with E-state index in [1.165, 1.54) is 0 Å². The van der Waals surface area contributed by atoms with E-state index in [1.807, 2.05) is 12.1 Å². The van der Waals surface area contributed by atoms with Gasteiger partial charge in [0.1, 0.15) is 0 Å². The van der Waals surface area contributed by atoms with Crippen molar-refractivity contribution in [2.24, 2.45) is 16.0 Å². The number of amides is 1. The van der Waals surface area contributed by atoms with Crippen LogP contribution in [0.4, 0.5) is 5.69 Å². The second kappa shape index (κ2) is 2.49. The van der Waals surface area contributed by atoms with Crippen molar-refractivity contribution in [3.05, 3.63) is 29.3 Å². The number of nitrogens with zero attached hydrogens (tertiary/aromatic N) is 2. The molecule has 0 unspecified atom stereocenters. The number of fused-ring (bicyclic) bond motifs is 1. The minimum absolute atomic E-state index is 0.286. The lowest BCUT2D eigenvalue weighted by molar-refractivity contribution is 0.100. The van der Waals surface area contributed by atoms with E-state index in [-0.39, 0.29) is 5.91 Å². The molecule has 4 heteroatoms. The Kier molecular flexibility index (Phi) is 1.48. The molecular formula is C8H7N3O. The first kappa shape index (κ1) is 7.12. The third kappa shape index (κ3) is 0.853. The quantitative estimate of drug-likeness (QED) is 0.676. The molecule has 0 bridgehead atoms. The summed E-state index contributed by atoms with van der Waals surface area (Å²) in [6.07, 6.45) is 0. The number of carbonyl (C=O) groups excluding carboxylic acids is 1. The van der Waals surface area contributed by atoms with Crippen LogP contribution in [0.15, 0.2) is 28.4 Å². The van der Waals surface area contributed by atoms with E-state index in [4.69, 9.17) is 5.73 Å². The monoisotopic (exact) mass is 161 g/mol. The van der Waals surface area contributed by atoms with Crippen LogP contribution in [0, 0.1) is 0 Å². The van der Waals surface area contributed by atoms with Gasteiger partial charge in [0.2, 0.25) is 0 Å². The highest BCUT2D eigenvalue weighted by molar-refractivity contribution is 6.03. The van der Waals surface area contributed by atoms with Crippen LogP contribution in [0.1, 0.15) is 15.9 Å². The van der Waals surface area contributed by atoms with Gasteiger partial charge in [-0.1, -0.05) is 12.1 Å². The van der Waals surface area contributed by atoms with Crippen LogP contribution in [0.2, 0.25) is 0 Å². The van der Waals surface area contributed by atoms with Gasteiger partial charge < -0.3 is 5.73 Å². The predicted octanol–water partition coefficient (Wildman–Crippen LogP) is 1.38. The number of azo groups is 1. The molecule has 0 spiro atoms. The molecule has 2 rings (SSSR count). The summed E-state index contributed by atoms with van der Waals surface area (Å²) in [4.78, 5) is 11.1. The van der Waals surface area contributed by atoms with Crippen LogP contribution in [0.5, 0.6) is 0 Å². The zero-order valence-corrected chi connectivity index (χ0v) is 6.32. The first-order valence-corrected chi connectivity index (χ1v) is 3.61. The molecule has 12 heavy (non-hydrogen) atoms. The van der Waals surface area contributed by atoms with Gasteiger partial charge in [0.05, 0.1) is 11.3 Å². The second-order valence-electron chi connectivity index (χ2n) is 2.52. The van der Waals surface area contributed by atoms with Crippen molar-refractivity contribution in [2.45, 2.75) is 6.54 Å². The maximum atomic E-state index is 11.1. The van der Waals surface area contributed by atoms with E-state index >= 15 is 0 Å². The topological polar surface area (TPSA) is 67.8 Å². The molecule has 0 saturated heterocycles. The number of carbonyl (C=O) groups is 1. The summed E-state index contributed by atoms with van der Waals surface area (Å²) >= 11 is 0. The molecule has 1 aliphatic rings. The molecular weight excluding hydrogens is 154 g/mol. The Bertz CT molecular complexity index is 371. The third-order valence-electron chi connectivity index (χ3n) is 1.81. The van der Waals surface area contributed by atoms with Gasteiger partial charge >= 0.3 is 0 Å². The lowest BCUT2D eigenvalue weighted by Gasteiger charge is -2.00. The number of hydrogen-bond donors (Lipinski definition) is 1. The van der Waals surface area contributed by atoms with E-state index in [2.05, 4.69) is 10.2 Å². The van der Waals surface area contributed by atoms with Crippen LogP contribution in [-0.4, -0.2) is 5.91 Å². The van der Waals surface area contributed by atoms with Crippen molar-refractivity contribution >= 4 is 11.6 Å². The Morgan fingerprint density at radius 1 is 1.33 bits per heavy atom. The Labute approximate surface area is 69.1 Å². The molecule has 2 N–H and O–H groups in total. The van der Waals surface area contributed by atoms with E-state index in [0.717, 1.165) is 5.56 Å². The summed E-state index contributed by atoms with van der Waals surface area (Å²) < 4.78 is 0. The Balaban J connectivity index is 2.65. The number of nitrogens with two attached hydrogens (primary N) is 1. The van der Waals surface area contributed by atoms with Crippen LogP contribution in [0.25, 0.3) is 0 Å². The number of rotatable bonds is 1. The summed E-state index contributed by atoms with van der Waals surface area (Å²) in [7, 11) is 0. The summed E-state index contributed by atoms with van der Waals surface area (Å²) in [5, 5.41) is 7.15. The highest BCUT2D eigenvalue weighted by atomic mass is 16.2. The van der Waals surface area contributed by atoms with Gasteiger partial charge in [-0.15, -0.1) is 10.2 Å². The van der Waals surface area contributed by atoms with Crippen molar-refractivity contribution in [1.82, 2.24) is 0 Å². The third-order valence-corrected chi connectivity index (χ3v) is 1.81. The van der Waals surface area contributed by atoms with Gasteiger partial charge in [0, 0.05) is 6.54 Å². The smallest absolute Gasteiger partial charge is 0.297 e. The van der Waals surface area contributed by atoms with Crippen molar-refractivity contribution in [1.29, 1.82) is 0 Å². The van der Waals surface area contributed by atoms with Gasteiger partial charge in [0.25, 0.3) is 5.91 Å². The average Bonchev–Trinajstić information content (AvgIpc) is 2.48. The molecule has 1 aromatic carbocycles. The van der Waals surface area contributed by atoms with E-state index < -0.39 is 0 Å². The van der Waals surface area contributed by atoms with E-state index in [9.17, 15) is 4.79 Å². The maximum Gasteiger partial charge on any atom is 0.297 e. The molecule has 1 amide bonds. The summed E-state index contributed by atoms with van der Waals surface area (Å²) in [6, 6.07) is 5.38. The zero-order valence-electron chi connectivity index (χ0n) is 6.32. The van der Waals surface area contributed by atoms with Gasteiger partial charge in [0.15, 0.2) is 0 Å². The molecule has 0 radical (unpaired) electrons. The SMILES string of the molecule is NCc1cccc2c1C(=O)N=N2. The average molecular weight is 161 g/mol. The second-order valence-corrected chi connectivity index (χ2v) is 2.52. The van der Waals surface area contributed by atoms with Crippen LogP contribution >= 0.6 is 0 Å². The van der Waals surface area contributed by atoms with Gasteiger partial charge in [-0.25, -0.2) is 0 Å². The largest absolute Gasteiger partial charge is 0.326 e. The molecule has 0 aliphatic carbocycles. The first-order chi connectivity index (χ1) is 5.83. The molecule has 0 atom stereocenters. The fraction of sp³-hybridized carbons (Fsp3) is 0.125. The van der Waals surface area contributed by atoms with Crippen molar-refractivity contribution in [3.63, 3.8) is 0 Å². The zero-order chi connectivity index (χ0) is 8.55. The Morgan fingerprint density at radius 2 is 2.17 bits per heavy atom. The van der Waals surface area contributed by atoms with E-state index in [1.54, 1.807) is 6.07 Å². The van der Waals surface area contributed by atoms with Gasteiger partial charge in [-0.2, -0.15) is 0 Å². The lowest BCUT2D eigenvalue weighted by atomic mass is 10.1. The highest BCUT2D eigenvalue weighted by Crippen LogP contribution is 2.28. The summed E-state index contributed by atoms with van der Waals surface area (Å²) in [5.74, 6) is -0.286. The molecule has 1 aliphatic heterocycles.